The Morgan fingerprint density at radius 1 is 1.13 bits per heavy atom. The molecule has 122 valence electrons. The Bertz CT molecular complexity index is 759. The molecule has 2 saturated heterocycles. The predicted octanol–water partition coefficient (Wildman–Crippen LogP) is 1.50. The lowest BCUT2D eigenvalue weighted by Crippen LogP contribution is -2.36. The maximum absolute atomic E-state index is 5.77. The number of hydrogen-bond acceptors (Lipinski definition) is 7. The van der Waals surface area contributed by atoms with E-state index >= 15 is 0 Å². The van der Waals surface area contributed by atoms with E-state index in [2.05, 4.69) is 32.0 Å². The largest absolute Gasteiger partial charge is 0.425 e. The number of hydrogen-bond donors (Lipinski definition) is 0. The summed E-state index contributed by atoms with van der Waals surface area (Å²) in [6, 6.07) is 0. The lowest BCUT2D eigenvalue weighted by molar-refractivity contribution is 0.166. The Morgan fingerprint density at radius 2 is 1.96 bits per heavy atom. The van der Waals surface area contributed by atoms with Crippen molar-refractivity contribution < 1.29 is 9.15 Å². The van der Waals surface area contributed by atoms with Gasteiger partial charge in [-0.2, -0.15) is 0 Å². The van der Waals surface area contributed by atoms with Crippen LogP contribution in [0.1, 0.15) is 28.9 Å². The van der Waals surface area contributed by atoms with Gasteiger partial charge in [0.1, 0.15) is 11.6 Å². The fourth-order valence-corrected chi connectivity index (χ4v) is 3.76. The summed E-state index contributed by atoms with van der Waals surface area (Å²) in [7, 11) is 0. The van der Waals surface area contributed by atoms with Gasteiger partial charge in [-0.15, -0.1) is 10.2 Å². The first kappa shape index (κ1) is 14.6. The number of ether oxygens (including phenoxy) is 1. The van der Waals surface area contributed by atoms with Crippen LogP contribution in [0.5, 0.6) is 0 Å². The van der Waals surface area contributed by atoms with Gasteiger partial charge in [0.25, 0.3) is 0 Å². The highest BCUT2D eigenvalue weighted by Crippen LogP contribution is 2.44. The van der Waals surface area contributed by atoms with Gasteiger partial charge in [0.15, 0.2) is 0 Å². The van der Waals surface area contributed by atoms with Crippen molar-refractivity contribution >= 4 is 5.82 Å². The minimum absolute atomic E-state index is 0.222. The molecule has 0 bridgehead atoms. The molecule has 4 rings (SSSR count). The smallest absolute Gasteiger partial charge is 0.227 e. The summed E-state index contributed by atoms with van der Waals surface area (Å²) in [6.45, 7) is 10.9. The van der Waals surface area contributed by atoms with Gasteiger partial charge in [0.2, 0.25) is 11.8 Å². The summed E-state index contributed by atoms with van der Waals surface area (Å²) < 4.78 is 11.5. The second-order valence-corrected chi connectivity index (χ2v) is 6.68. The summed E-state index contributed by atoms with van der Waals surface area (Å²) in [6.07, 6.45) is 0. The Kier molecular flexibility index (Phi) is 3.16. The second-order valence-electron chi connectivity index (χ2n) is 6.68. The first-order valence-electron chi connectivity index (χ1n) is 7.95. The molecule has 0 unspecified atom stereocenters. The van der Waals surface area contributed by atoms with E-state index in [1.807, 2.05) is 20.8 Å². The number of fused-ring (bicyclic) bond motifs is 1. The molecule has 2 aromatic heterocycles. The van der Waals surface area contributed by atoms with Crippen LogP contribution < -0.4 is 4.90 Å². The molecule has 2 fully saturated rings. The highest BCUT2D eigenvalue weighted by molar-refractivity contribution is 5.51. The third kappa shape index (κ3) is 2.14. The predicted molar refractivity (Wildman–Crippen MR) is 83.5 cm³/mol. The van der Waals surface area contributed by atoms with E-state index in [-0.39, 0.29) is 5.41 Å². The lowest BCUT2D eigenvalue weighted by Gasteiger charge is -2.24. The minimum Gasteiger partial charge on any atom is -0.425 e. The summed E-state index contributed by atoms with van der Waals surface area (Å²) in [5.41, 5.74) is 1.94. The van der Waals surface area contributed by atoms with E-state index in [4.69, 9.17) is 9.15 Å². The molecular weight excluding hydrogens is 294 g/mol. The maximum atomic E-state index is 5.77. The van der Waals surface area contributed by atoms with Gasteiger partial charge in [-0.05, 0) is 20.8 Å². The molecule has 7 heteroatoms. The third-order valence-electron chi connectivity index (χ3n) is 5.10. The minimum atomic E-state index is -0.222. The van der Waals surface area contributed by atoms with Crippen LogP contribution in [0, 0.1) is 33.6 Å². The van der Waals surface area contributed by atoms with Gasteiger partial charge >= 0.3 is 0 Å². The fourth-order valence-electron chi connectivity index (χ4n) is 3.76. The molecule has 4 heterocycles. The number of aryl methyl sites for hydroxylation is 3. The van der Waals surface area contributed by atoms with E-state index in [9.17, 15) is 0 Å². The topological polar surface area (TPSA) is 77.2 Å². The highest BCUT2D eigenvalue weighted by Gasteiger charge is 2.55. The van der Waals surface area contributed by atoms with Gasteiger partial charge in [-0.3, -0.25) is 0 Å². The number of aromatic nitrogens is 4. The molecule has 23 heavy (non-hydrogen) atoms. The molecule has 0 spiro atoms. The monoisotopic (exact) mass is 315 g/mol. The average molecular weight is 315 g/mol. The zero-order valence-electron chi connectivity index (χ0n) is 14.0. The highest BCUT2D eigenvalue weighted by atomic mass is 16.5. The van der Waals surface area contributed by atoms with Crippen LogP contribution in [0.3, 0.4) is 0 Å². The molecule has 0 aromatic carbocycles. The van der Waals surface area contributed by atoms with Crippen molar-refractivity contribution in [3.8, 4) is 0 Å². The normalized spacial score (nSPS) is 26.8. The Labute approximate surface area is 135 Å². The summed E-state index contributed by atoms with van der Waals surface area (Å²) >= 11 is 0. The van der Waals surface area contributed by atoms with Gasteiger partial charge < -0.3 is 14.1 Å². The van der Waals surface area contributed by atoms with Crippen molar-refractivity contribution in [1.29, 1.82) is 0 Å². The SMILES string of the molecule is Cc1nc(C)c(C)c(N2C[C@H]3COC[C@@]3(c3nnc(C)o3)C2)n1. The van der Waals surface area contributed by atoms with Crippen molar-refractivity contribution in [2.24, 2.45) is 5.92 Å². The number of anilines is 1. The van der Waals surface area contributed by atoms with Crippen molar-refractivity contribution in [1.82, 2.24) is 20.2 Å². The molecule has 0 radical (unpaired) electrons. The van der Waals surface area contributed by atoms with Crippen LogP contribution in [0.2, 0.25) is 0 Å². The van der Waals surface area contributed by atoms with E-state index in [0.717, 1.165) is 42.6 Å². The van der Waals surface area contributed by atoms with E-state index in [1.54, 1.807) is 0 Å². The van der Waals surface area contributed by atoms with Gasteiger partial charge in [0, 0.05) is 37.2 Å². The molecule has 0 N–H and O–H groups in total. The first-order chi connectivity index (χ1) is 11.0. The molecule has 2 aromatic rings. The van der Waals surface area contributed by atoms with Crippen LogP contribution >= 0.6 is 0 Å². The molecule has 2 atom stereocenters. The first-order valence-corrected chi connectivity index (χ1v) is 7.95. The third-order valence-corrected chi connectivity index (χ3v) is 5.10. The van der Waals surface area contributed by atoms with Crippen LogP contribution in [-0.4, -0.2) is 46.5 Å². The standard InChI is InChI=1S/C16H21N5O2/c1-9-10(2)17-11(3)18-14(9)21-5-13-6-22-8-16(13,7-21)15-20-19-12(4)23-15/h13H,5-8H2,1-4H3/t13-,16-/m0/s1. The number of nitrogens with zero attached hydrogens (tertiary/aromatic N) is 5. The van der Waals surface area contributed by atoms with Crippen LogP contribution in [0.25, 0.3) is 0 Å². The lowest BCUT2D eigenvalue weighted by atomic mass is 9.81. The van der Waals surface area contributed by atoms with Crippen molar-refractivity contribution in [2.45, 2.75) is 33.1 Å². The molecular formula is C16H21N5O2. The maximum Gasteiger partial charge on any atom is 0.227 e. The molecule has 2 aliphatic rings. The second kappa shape index (κ2) is 4.99. The molecule has 7 nitrogen and oxygen atoms in total. The molecule has 0 amide bonds. The average Bonchev–Trinajstić information content (AvgIpc) is 3.16. The van der Waals surface area contributed by atoms with Crippen molar-refractivity contribution in [3.05, 3.63) is 28.9 Å². The number of rotatable bonds is 2. The summed E-state index contributed by atoms with van der Waals surface area (Å²) in [5, 5.41) is 8.30. The molecule has 0 saturated carbocycles. The quantitative estimate of drug-likeness (QED) is 0.831. The van der Waals surface area contributed by atoms with Crippen LogP contribution in [-0.2, 0) is 10.2 Å². The Hall–Kier alpha value is -2.02. The Morgan fingerprint density at radius 3 is 2.70 bits per heavy atom. The summed E-state index contributed by atoms with van der Waals surface area (Å²) in [4.78, 5) is 11.5. The van der Waals surface area contributed by atoms with E-state index in [0.29, 0.717) is 24.3 Å². The molecule has 2 aliphatic heterocycles. The van der Waals surface area contributed by atoms with Gasteiger partial charge in [-0.25, -0.2) is 9.97 Å². The Balaban J connectivity index is 1.73. The summed E-state index contributed by atoms with van der Waals surface area (Å²) in [5.74, 6) is 3.46. The van der Waals surface area contributed by atoms with Gasteiger partial charge in [-0.1, -0.05) is 0 Å². The van der Waals surface area contributed by atoms with Crippen molar-refractivity contribution in [2.75, 3.05) is 31.2 Å². The zero-order chi connectivity index (χ0) is 16.2. The van der Waals surface area contributed by atoms with Crippen LogP contribution in [0.4, 0.5) is 5.82 Å². The fraction of sp³-hybridized carbons (Fsp3) is 0.625. The van der Waals surface area contributed by atoms with E-state index < -0.39 is 0 Å². The zero-order valence-corrected chi connectivity index (χ0v) is 14.0. The van der Waals surface area contributed by atoms with Crippen LogP contribution in [0.15, 0.2) is 4.42 Å². The molecule has 0 aliphatic carbocycles. The van der Waals surface area contributed by atoms with Crippen molar-refractivity contribution in [3.63, 3.8) is 0 Å². The van der Waals surface area contributed by atoms with Gasteiger partial charge in [0.05, 0.1) is 18.6 Å². The van der Waals surface area contributed by atoms with E-state index in [1.165, 1.54) is 0 Å².